The van der Waals surface area contributed by atoms with Gasteiger partial charge in [0, 0.05) is 11.4 Å². The number of aromatic nitrogens is 8. The topological polar surface area (TPSA) is 183 Å². The summed E-state index contributed by atoms with van der Waals surface area (Å²) in [6, 6.07) is 22.5. The fraction of sp³-hybridized carbons (Fsp3) is 0.0800. The predicted molar refractivity (Wildman–Crippen MR) is 150 cm³/mol. The number of anilines is 2. The lowest BCUT2D eigenvalue weighted by Crippen LogP contribution is -2.17. The number of rotatable bonds is 11. The molecule has 0 unspecified atom stereocenters. The zero-order chi connectivity index (χ0) is 28.6. The minimum atomic E-state index is -1.22. The lowest BCUT2D eigenvalue weighted by atomic mass is 10.1. The molecule has 206 valence electrons. The maximum Gasteiger partial charge on any atom is 0.335 e. The van der Waals surface area contributed by atoms with Gasteiger partial charge in [-0.25, -0.2) is 4.79 Å². The number of nitrogens with one attached hydrogen (secondary N) is 2. The molecule has 2 amide bonds. The molecule has 0 spiro atoms. The third-order valence-corrected chi connectivity index (χ3v) is 7.13. The number of carboxylic acids is 1. The van der Waals surface area contributed by atoms with E-state index in [1.807, 2.05) is 60.7 Å². The summed E-state index contributed by atoms with van der Waals surface area (Å²) in [6.07, 6.45) is 0. The van der Waals surface area contributed by atoms with E-state index in [4.69, 9.17) is 0 Å². The average Bonchev–Trinajstić information content (AvgIpc) is 3.65. The van der Waals surface area contributed by atoms with Crippen molar-refractivity contribution in [1.29, 1.82) is 0 Å². The van der Waals surface area contributed by atoms with Gasteiger partial charge in [0.05, 0.1) is 28.4 Å². The number of carbonyl (C=O) groups is 3. The fourth-order valence-corrected chi connectivity index (χ4v) is 4.93. The molecule has 5 rings (SSSR count). The van der Waals surface area contributed by atoms with E-state index in [0.717, 1.165) is 34.9 Å². The summed E-state index contributed by atoms with van der Waals surface area (Å²) in [7, 11) is 0. The number of tetrazole rings is 2. The van der Waals surface area contributed by atoms with Crippen LogP contribution in [0.25, 0.3) is 11.4 Å². The number of thioether (sulfide) groups is 2. The number of aromatic carboxylic acids is 1. The highest BCUT2D eigenvalue weighted by molar-refractivity contribution is 8.00. The molecule has 2 heterocycles. The van der Waals surface area contributed by atoms with Gasteiger partial charge in [-0.15, -0.1) is 10.2 Å². The number of carbonyl (C=O) groups excluding carboxylic acids is 2. The Morgan fingerprint density at radius 3 is 1.54 bits per heavy atom. The summed E-state index contributed by atoms with van der Waals surface area (Å²) >= 11 is 2.23. The van der Waals surface area contributed by atoms with Crippen LogP contribution < -0.4 is 10.6 Å². The van der Waals surface area contributed by atoms with Gasteiger partial charge in [-0.1, -0.05) is 59.9 Å². The van der Waals surface area contributed by atoms with E-state index in [0.29, 0.717) is 10.3 Å². The number of benzene rings is 3. The van der Waals surface area contributed by atoms with Crippen molar-refractivity contribution in [2.45, 2.75) is 10.3 Å². The number of hydrogen-bond donors (Lipinski definition) is 3. The van der Waals surface area contributed by atoms with Crippen molar-refractivity contribution in [3.8, 4) is 11.4 Å². The van der Waals surface area contributed by atoms with Crippen LogP contribution in [0.1, 0.15) is 10.4 Å². The molecule has 3 aromatic carbocycles. The number of para-hydroxylation sites is 2. The van der Waals surface area contributed by atoms with Gasteiger partial charge < -0.3 is 15.7 Å². The monoisotopic (exact) mass is 588 g/mol. The number of nitrogens with zero attached hydrogens (tertiary/aromatic N) is 8. The van der Waals surface area contributed by atoms with E-state index in [-0.39, 0.29) is 28.4 Å². The third kappa shape index (κ3) is 7.11. The first kappa shape index (κ1) is 27.5. The van der Waals surface area contributed by atoms with Gasteiger partial charge in [-0.3, -0.25) is 9.59 Å². The molecule has 0 atom stereocenters. The highest BCUT2D eigenvalue weighted by Gasteiger charge is 2.16. The van der Waals surface area contributed by atoms with Crippen LogP contribution in [0.2, 0.25) is 0 Å². The zero-order valence-electron chi connectivity index (χ0n) is 21.0. The molecule has 16 heteroatoms. The first-order chi connectivity index (χ1) is 20.0. The molecule has 41 heavy (non-hydrogen) atoms. The predicted octanol–water partition coefficient (Wildman–Crippen LogP) is 2.80. The van der Waals surface area contributed by atoms with Crippen LogP contribution in [0.4, 0.5) is 11.4 Å². The van der Waals surface area contributed by atoms with Crippen LogP contribution in [0.5, 0.6) is 0 Å². The summed E-state index contributed by atoms with van der Waals surface area (Å²) in [5.41, 5.74) is 1.78. The first-order valence-electron chi connectivity index (χ1n) is 11.9. The van der Waals surface area contributed by atoms with Crippen LogP contribution >= 0.6 is 23.5 Å². The highest BCUT2D eigenvalue weighted by atomic mass is 32.2. The van der Waals surface area contributed by atoms with Crippen molar-refractivity contribution >= 4 is 52.7 Å². The molecule has 0 fully saturated rings. The standard InChI is InChI=1S/C25H20N10O4S2/c36-21(14-40-24-28-30-32-34(24)19-7-3-1-4-8-19)26-17-11-16(23(38)39)12-18(13-17)27-22(37)15-41-25-29-31-33-35(25)20-9-5-2-6-10-20/h1-13H,14-15H2,(H,26,36)(H,27,37)(H,38,39). The van der Waals surface area contributed by atoms with E-state index in [2.05, 4.69) is 41.7 Å². The van der Waals surface area contributed by atoms with Crippen molar-refractivity contribution in [2.24, 2.45) is 0 Å². The van der Waals surface area contributed by atoms with Gasteiger partial charge in [0.2, 0.25) is 22.1 Å². The van der Waals surface area contributed by atoms with E-state index >= 15 is 0 Å². The molecular weight excluding hydrogens is 568 g/mol. The largest absolute Gasteiger partial charge is 0.478 e. The number of carboxylic acid groups (broad SMARTS) is 1. The summed E-state index contributed by atoms with van der Waals surface area (Å²) in [6.45, 7) is 0. The summed E-state index contributed by atoms with van der Waals surface area (Å²) < 4.78 is 3.01. The van der Waals surface area contributed by atoms with Crippen molar-refractivity contribution in [3.05, 3.63) is 84.4 Å². The second-order valence-electron chi connectivity index (χ2n) is 8.20. The van der Waals surface area contributed by atoms with Crippen LogP contribution in [0.15, 0.2) is 89.2 Å². The summed E-state index contributed by atoms with van der Waals surface area (Å²) in [5, 5.41) is 38.9. The second kappa shape index (κ2) is 12.8. The van der Waals surface area contributed by atoms with Gasteiger partial charge in [-0.05, 0) is 63.3 Å². The van der Waals surface area contributed by atoms with Gasteiger partial charge in [0.15, 0.2) is 0 Å². The molecular formula is C25H20N10O4S2. The van der Waals surface area contributed by atoms with Crippen LogP contribution in [0.3, 0.4) is 0 Å². The molecule has 0 aliphatic heterocycles. The Balaban J connectivity index is 1.21. The Kier molecular flexibility index (Phi) is 8.61. The van der Waals surface area contributed by atoms with Gasteiger partial charge >= 0.3 is 5.97 Å². The zero-order valence-corrected chi connectivity index (χ0v) is 22.6. The van der Waals surface area contributed by atoms with Crippen LogP contribution in [-0.2, 0) is 9.59 Å². The summed E-state index contributed by atoms with van der Waals surface area (Å²) in [4.78, 5) is 37.1. The van der Waals surface area contributed by atoms with E-state index in [1.54, 1.807) is 0 Å². The molecule has 3 N–H and O–H groups in total. The SMILES string of the molecule is O=C(CSc1nnnn1-c1ccccc1)Nc1cc(NC(=O)CSc2nnnn2-c2ccccc2)cc(C(=O)O)c1. The first-order valence-corrected chi connectivity index (χ1v) is 13.8. The molecule has 0 bridgehead atoms. The molecule has 0 aliphatic rings. The van der Waals surface area contributed by atoms with E-state index in [9.17, 15) is 19.5 Å². The van der Waals surface area contributed by atoms with Gasteiger partial charge in [0.1, 0.15) is 0 Å². The molecule has 0 saturated heterocycles. The summed E-state index contributed by atoms with van der Waals surface area (Å²) in [5.74, 6) is -2.14. The van der Waals surface area contributed by atoms with Gasteiger partial charge in [0.25, 0.3) is 0 Å². The molecule has 0 saturated carbocycles. The smallest absolute Gasteiger partial charge is 0.335 e. The molecule has 5 aromatic rings. The third-order valence-electron chi connectivity index (χ3n) is 5.30. The molecule has 0 radical (unpaired) electrons. The average molecular weight is 589 g/mol. The second-order valence-corrected chi connectivity index (χ2v) is 10.1. The normalized spacial score (nSPS) is 10.7. The van der Waals surface area contributed by atoms with Crippen molar-refractivity contribution in [2.75, 3.05) is 22.1 Å². The van der Waals surface area contributed by atoms with Crippen molar-refractivity contribution in [1.82, 2.24) is 40.4 Å². The number of hydrogen-bond acceptors (Lipinski definition) is 11. The Hall–Kier alpha value is -5.09. The Morgan fingerprint density at radius 1 is 0.683 bits per heavy atom. The van der Waals surface area contributed by atoms with Crippen molar-refractivity contribution in [3.63, 3.8) is 0 Å². The number of amides is 2. The Bertz CT molecular complexity index is 1560. The lowest BCUT2D eigenvalue weighted by molar-refractivity contribution is -0.114. The maximum atomic E-state index is 12.7. The minimum Gasteiger partial charge on any atom is -0.478 e. The highest BCUT2D eigenvalue weighted by Crippen LogP contribution is 2.23. The van der Waals surface area contributed by atoms with Crippen molar-refractivity contribution < 1.29 is 19.5 Å². The lowest BCUT2D eigenvalue weighted by Gasteiger charge is -2.11. The Labute approximate surface area is 240 Å². The Morgan fingerprint density at radius 2 is 1.12 bits per heavy atom. The minimum absolute atomic E-state index is 0.0427. The molecule has 2 aromatic heterocycles. The van der Waals surface area contributed by atoms with Crippen LogP contribution in [-0.4, -0.2) is 74.8 Å². The fourth-order valence-electron chi connectivity index (χ4n) is 3.55. The van der Waals surface area contributed by atoms with E-state index in [1.165, 1.54) is 27.6 Å². The van der Waals surface area contributed by atoms with Crippen LogP contribution in [0, 0.1) is 0 Å². The van der Waals surface area contributed by atoms with E-state index < -0.39 is 17.8 Å². The maximum absolute atomic E-state index is 12.7. The quantitative estimate of drug-likeness (QED) is 0.192. The molecule has 0 aliphatic carbocycles. The van der Waals surface area contributed by atoms with Gasteiger partial charge in [-0.2, -0.15) is 9.36 Å². The molecule has 14 nitrogen and oxygen atoms in total.